The Labute approximate surface area is 81.9 Å². The second kappa shape index (κ2) is 4.28. The van der Waals surface area contributed by atoms with E-state index in [9.17, 15) is 5.11 Å². The van der Waals surface area contributed by atoms with Gasteiger partial charge < -0.3 is 5.11 Å². The summed E-state index contributed by atoms with van der Waals surface area (Å²) in [5.74, 6) is 1.76. The summed E-state index contributed by atoms with van der Waals surface area (Å²) < 4.78 is 0. The number of hydrogen-bond donors (Lipinski definition) is 1. The van der Waals surface area contributed by atoms with Crippen LogP contribution in [-0.4, -0.2) is 11.2 Å². The summed E-state index contributed by atoms with van der Waals surface area (Å²) in [6, 6.07) is 0. The summed E-state index contributed by atoms with van der Waals surface area (Å²) in [6.45, 7) is 8.74. The molecule has 0 radical (unpaired) electrons. The average molecular weight is 182 g/mol. The minimum absolute atomic E-state index is 0.0724. The van der Waals surface area contributed by atoms with Crippen LogP contribution in [0.2, 0.25) is 0 Å². The van der Waals surface area contributed by atoms with E-state index in [1.54, 1.807) is 0 Å². The highest BCUT2D eigenvalue weighted by Crippen LogP contribution is 2.35. The molecule has 1 N–H and O–H groups in total. The smallest absolute Gasteiger partial charge is 0.0568 e. The summed E-state index contributed by atoms with van der Waals surface area (Å²) in [6.07, 6.45) is 4.42. The Morgan fingerprint density at radius 1 is 1.15 bits per heavy atom. The fraction of sp³-hybridized carbons (Fsp3) is 0.833. The number of rotatable bonds is 1. The molecule has 0 saturated heterocycles. The molecule has 1 heteroatoms. The van der Waals surface area contributed by atoms with Gasteiger partial charge in [0.1, 0.15) is 0 Å². The lowest BCUT2D eigenvalue weighted by Crippen LogP contribution is -2.33. The summed E-state index contributed by atoms with van der Waals surface area (Å²) in [5.41, 5.74) is 1.40. The summed E-state index contributed by atoms with van der Waals surface area (Å²) in [7, 11) is 0. The first-order valence-electron chi connectivity index (χ1n) is 5.35. The molecule has 0 bridgehead atoms. The van der Waals surface area contributed by atoms with Crippen LogP contribution in [0.5, 0.6) is 0 Å². The Bertz CT molecular complexity index is 191. The third-order valence-corrected chi connectivity index (χ3v) is 3.45. The Morgan fingerprint density at radius 3 is 2.31 bits per heavy atom. The largest absolute Gasteiger partial charge is 0.393 e. The minimum atomic E-state index is -0.0724. The molecular formula is C12H22O. The molecule has 0 aromatic carbocycles. The number of aliphatic hydroxyl groups excluding tert-OH is 1. The van der Waals surface area contributed by atoms with Crippen LogP contribution >= 0.6 is 0 Å². The number of allylic oxidation sites excluding steroid dienone is 2. The zero-order valence-electron chi connectivity index (χ0n) is 9.25. The zero-order chi connectivity index (χ0) is 10.0. The predicted octanol–water partition coefficient (Wildman–Crippen LogP) is 3.00. The fourth-order valence-electron chi connectivity index (χ4n) is 2.29. The van der Waals surface area contributed by atoms with E-state index in [-0.39, 0.29) is 6.10 Å². The molecule has 0 aromatic rings. The molecule has 0 amide bonds. The molecule has 1 rings (SSSR count). The average Bonchev–Trinajstić information content (AvgIpc) is 2.06. The molecule has 0 aromatic heterocycles. The molecule has 1 saturated carbocycles. The highest BCUT2D eigenvalue weighted by atomic mass is 16.3. The Kier molecular flexibility index (Phi) is 3.55. The van der Waals surface area contributed by atoms with Gasteiger partial charge >= 0.3 is 0 Å². The van der Waals surface area contributed by atoms with E-state index in [1.165, 1.54) is 5.57 Å². The maximum atomic E-state index is 9.68. The van der Waals surface area contributed by atoms with E-state index in [0.29, 0.717) is 17.8 Å². The van der Waals surface area contributed by atoms with Crippen molar-refractivity contribution in [3.63, 3.8) is 0 Å². The second-order valence-corrected chi connectivity index (χ2v) is 4.77. The molecule has 1 aliphatic rings. The van der Waals surface area contributed by atoms with Crippen LogP contribution in [0.4, 0.5) is 0 Å². The van der Waals surface area contributed by atoms with E-state index in [1.807, 2.05) is 0 Å². The molecule has 0 heterocycles. The van der Waals surface area contributed by atoms with Gasteiger partial charge in [0.15, 0.2) is 0 Å². The highest BCUT2D eigenvalue weighted by molar-refractivity contribution is 5.01. The van der Waals surface area contributed by atoms with Crippen LogP contribution in [0.25, 0.3) is 0 Å². The molecular weight excluding hydrogens is 160 g/mol. The van der Waals surface area contributed by atoms with Crippen LogP contribution < -0.4 is 0 Å². The molecule has 0 spiro atoms. The molecule has 13 heavy (non-hydrogen) atoms. The highest BCUT2D eigenvalue weighted by Gasteiger charge is 2.31. The van der Waals surface area contributed by atoms with Gasteiger partial charge in [-0.05, 0) is 44.4 Å². The summed E-state index contributed by atoms with van der Waals surface area (Å²) in [5, 5.41) is 9.68. The Hall–Kier alpha value is -0.300. The Morgan fingerprint density at radius 2 is 1.77 bits per heavy atom. The first-order chi connectivity index (χ1) is 6.02. The summed E-state index contributed by atoms with van der Waals surface area (Å²) in [4.78, 5) is 0. The predicted molar refractivity (Wildman–Crippen MR) is 56.5 cm³/mol. The van der Waals surface area contributed by atoms with E-state index >= 15 is 0 Å². The van der Waals surface area contributed by atoms with Crippen molar-refractivity contribution in [1.29, 1.82) is 0 Å². The quantitative estimate of drug-likeness (QED) is 0.618. The maximum Gasteiger partial charge on any atom is 0.0568 e. The van der Waals surface area contributed by atoms with Crippen molar-refractivity contribution in [2.45, 2.75) is 46.6 Å². The molecule has 1 fully saturated rings. The molecule has 0 aliphatic heterocycles. The van der Waals surface area contributed by atoms with Gasteiger partial charge in [-0.2, -0.15) is 0 Å². The zero-order valence-corrected chi connectivity index (χ0v) is 9.25. The third-order valence-electron chi connectivity index (χ3n) is 3.45. The third kappa shape index (κ3) is 2.57. The van der Waals surface area contributed by atoms with Gasteiger partial charge in [-0.15, -0.1) is 0 Å². The van der Waals surface area contributed by atoms with Crippen LogP contribution in [0.1, 0.15) is 40.5 Å². The lowest BCUT2D eigenvalue weighted by atomic mass is 9.72. The van der Waals surface area contributed by atoms with Crippen molar-refractivity contribution < 1.29 is 5.11 Å². The van der Waals surface area contributed by atoms with Crippen molar-refractivity contribution in [3.8, 4) is 0 Å². The van der Waals surface area contributed by atoms with Gasteiger partial charge in [0.05, 0.1) is 6.10 Å². The Balaban J connectivity index is 2.64. The lowest BCUT2D eigenvalue weighted by molar-refractivity contribution is 0.0301. The van der Waals surface area contributed by atoms with Gasteiger partial charge in [-0.3, -0.25) is 0 Å². The van der Waals surface area contributed by atoms with Crippen LogP contribution in [-0.2, 0) is 0 Å². The van der Waals surface area contributed by atoms with E-state index in [0.717, 1.165) is 12.8 Å². The van der Waals surface area contributed by atoms with Gasteiger partial charge in [0, 0.05) is 0 Å². The van der Waals surface area contributed by atoms with Gasteiger partial charge in [-0.1, -0.05) is 25.5 Å². The van der Waals surface area contributed by atoms with Gasteiger partial charge in [-0.25, -0.2) is 0 Å². The topological polar surface area (TPSA) is 20.2 Å². The SMILES string of the molecule is CC(C)=CC1CCC(O)C(C)C1C. The maximum absolute atomic E-state index is 9.68. The van der Waals surface area contributed by atoms with Crippen molar-refractivity contribution in [1.82, 2.24) is 0 Å². The first kappa shape index (κ1) is 10.8. The standard InChI is InChI=1S/C12H22O/c1-8(2)7-11-5-6-12(13)10(4)9(11)3/h7,9-13H,5-6H2,1-4H3. The van der Waals surface area contributed by atoms with Gasteiger partial charge in [0.2, 0.25) is 0 Å². The van der Waals surface area contributed by atoms with Crippen molar-refractivity contribution in [2.24, 2.45) is 17.8 Å². The fourth-order valence-corrected chi connectivity index (χ4v) is 2.29. The van der Waals surface area contributed by atoms with Crippen LogP contribution in [0, 0.1) is 17.8 Å². The van der Waals surface area contributed by atoms with E-state index in [2.05, 4.69) is 33.8 Å². The minimum Gasteiger partial charge on any atom is -0.393 e. The molecule has 76 valence electrons. The summed E-state index contributed by atoms with van der Waals surface area (Å²) >= 11 is 0. The number of aliphatic hydroxyl groups is 1. The molecule has 1 aliphatic carbocycles. The van der Waals surface area contributed by atoms with Crippen molar-refractivity contribution >= 4 is 0 Å². The van der Waals surface area contributed by atoms with Gasteiger partial charge in [0.25, 0.3) is 0 Å². The molecule has 4 atom stereocenters. The first-order valence-corrected chi connectivity index (χ1v) is 5.35. The van der Waals surface area contributed by atoms with Crippen LogP contribution in [0.3, 0.4) is 0 Å². The second-order valence-electron chi connectivity index (χ2n) is 4.77. The molecule has 4 unspecified atom stereocenters. The van der Waals surface area contributed by atoms with Crippen molar-refractivity contribution in [2.75, 3.05) is 0 Å². The molecule has 1 nitrogen and oxygen atoms in total. The lowest BCUT2D eigenvalue weighted by Gasteiger charge is -2.36. The van der Waals surface area contributed by atoms with E-state index in [4.69, 9.17) is 0 Å². The van der Waals surface area contributed by atoms with Crippen LogP contribution in [0.15, 0.2) is 11.6 Å². The van der Waals surface area contributed by atoms with Crippen molar-refractivity contribution in [3.05, 3.63) is 11.6 Å². The number of hydrogen-bond acceptors (Lipinski definition) is 1. The van der Waals surface area contributed by atoms with E-state index < -0.39 is 0 Å². The monoisotopic (exact) mass is 182 g/mol. The normalized spacial score (nSPS) is 40.1.